The van der Waals surface area contributed by atoms with Crippen molar-refractivity contribution in [3.63, 3.8) is 0 Å². The SMILES string of the molecule is CC(C)N1CCC(NCCCCN2C(=O)c3ccccc3C2=O)CC1. The molecule has 2 amide bonds. The Morgan fingerprint density at radius 1 is 1.04 bits per heavy atom. The lowest BCUT2D eigenvalue weighted by molar-refractivity contribution is 0.0651. The summed E-state index contributed by atoms with van der Waals surface area (Å²) in [4.78, 5) is 28.5. The number of nitrogens with zero attached hydrogens (tertiary/aromatic N) is 2. The van der Waals surface area contributed by atoms with Crippen molar-refractivity contribution in [1.29, 1.82) is 0 Å². The topological polar surface area (TPSA) is 52.6 Å². The van der Waals surface area contributed by atoms with E-state index in [9.17, 15) is 9.59 Å². The lowest BCUT2D eigenvalue weighted by Crippen LogP contribution is -2.45. The molecular formula is C20H29N3O2. The third kappa shape index (κ3) is 4.10. The van der Waals surface area contributed by atoms with Crippen LogP contribution in [0.1, 0.15) is 60.2 Å². The van der Waals surface area contributed by atoms with Crippen LogP contribution < -0.4 is 5.32 Å². The Hall–Kier alpha value is -1.72. The Kier molecular flexibility index (Phi) is 5.86. The molecule has 0 unspecified atom stereocenters. The van der Waals surface area contributed by atoms with Gasteiger partial charge in [-0.1, -0.05) is 12.1 Å². The van der Waals surface area contributed by atoms with Gasteiger partial charge in [0, 0.05) is 18.6 Å². The average Bonchev–Trinajstić information content (AvgIpc) is 2.87. The first-order valence-corrected chi connectivity index (χ1v) is 9.50. The van der Waals surface area contributed by atoms with Crippen molar-refractivity contribution in [2.75, 3.05) is 26.2 Å². The van der Waals surface area contributed by atoms with Crippen LogP contribution in [0.3, 0.4) is 0 Å². The van der Waals surface area contributed by atoms with Gasteiger partial charge in [-0.05, 0) is 71.3 Å². The summed E-state index contributed by atoms with van der Waals surface area (Å²) in [5.41, 5.74) is 1.09. The molecule has 0 atom stereocenters. The van der Waals surface area contributed by atoms with Crippen molar-refractivity contribution >= 4 is 11.8 Å². The molecule has 5 nitrogen and oxygen atoms in total. The molecule has 1 aromatic rings. The average molecular weight is 343 g/mol. The third-order valence-electron chi connectivity index (χ3n) is 5.38. The quantitative estimate of drug-likeness (QED) is 0.611. The number of benzene rings is 1. The maximum Gasteiger partial charge on any atom is 0.261 e. The number of rotatable bonds is 7. The van der Waals surface area contributed by atoms with Crippen LogP contribution in [-0.2, 0) is 0 Å². The van der Waals surface area contributed by atoms with Gasteiger partial charge >= 0.3 is 0 Å². The molecule has 0 aromatic heterocycles. The van der Waals surface area contributed by atoms with Gasteiger partial charge in [-0.15, -0.1) is 0 Å². The number of piperidine rings is 1. The summed E-state index contributed by atoms with van der Waals surface area (Å²) in [7, 11) is 0. The van der Waals surface area contributed by atoms with Crippen LogP contribution in [0.15, 0.2) is 24.3 Å². The standard InChI is InChI=1S/C20H29N3O2/c1-15(2)22-13-9-16(10-14-22)21-11-5-6-12-23-19(24)17-7-3-4-8-18(17)20(23)25/h3-4,7-8,15-16,21H,5-6,9-14H2,1-2H3. The van der Waals surface area contributed by atoms with Crippen molar-refractivity contribution in [2.24, 2.45) is 0 Å². The number of imide groups is 1. The molecule has 25 heavy (non-hydrogen) atoms. The number of carbonyl (C=O) groups excluding carboxylic acids is 2. The summed E-state index contributed by atoms with van der Waals surface area (Å²) in [6.45, 7) is 8.32. The van der Waals surface area contributed by atoms with Crippen molar-refractivity contribution in [3.8, 4) is 0 Å². The summed E-state index contributed by atoms with van der Waals surface area (Å²) in [5, 5.41) is 3.63. The molecule has 0 spiro atoms. The van der Waals surface area contributed by atoms with E-state index in [1.165, 1.54) is 30.8 Å². The molecular weight excluding hydrogens is 314 g/mol. The number of unbranched alkanes of at least 4 members (excludes halogenated alkanes) is 1. The largest absolute Gasteiger partial charge is 0.314 e. The van der Waals surface area contributed by atoms with Crippen LogP contribution in [-0.4, -0.2) is 59.9 Å². The fourth-order valence-corrected chi connectivity index (χ4v) is 3.76. The maximum atomic E-state index is 12.3. The fourth-order valence-electron chi connectivity index (χ4n) is 3.76. The van der Waals surface area contributed by atoms with Crippen LogP contribution >= 0.6 is 0 Å². The summed E-state index contributed by atoms with van der Waals surface area (Å²) in [6, 6.07) is 8.33. The van der Waals surface area contributed by atoms with Crippen molar-refractivity contribution < 1.29 is 9.59 Å². The van der Waals surface area contributed by atoms with Gasteiger partial charge in [0.1, 0.15) is 0 Å². The van der Waals surface area contributed by atoms with Gasteiger partial charge in [0.05, 0.1) is 11.1 Å². The monoisotopic (exact) mass is 343 g/mol. The molecule has 2 aliphatic rings. The molecule has 0 aliphatic carbocycles. The van der Waals surface area contributed by atoms with Crippen LogP contribution in [0.2, 0.25) is 0 Å². The number of carbonyl (C=O) groups is 2. The second-order valence-electron chi connectivity index (χ2n) is 7.37. The summed E-state index contributed by atoms with van der Waals surface area (Å²) in [5.74, 6) is -0.288. The van der Waals surface area contributed by atoms with E-state index in [4.69, 9.17) is 0 Å². The second kappa shape index (κ2) is 8.11. The highest BCUT2D eigenvalue weighted by Crippen LogP contribution is 2.22. The van der Waals surface area contributed by atoms with E-state index in [0.29, 0.717) is 29.8 Å². The number of amides is 2. The van der Waals surface area contributed by atoms with Crippen LogP contribution in [0.5, 0.6) is 0 Å². The van der Waals surface area contributed by atoms with E-state index in [2.05, 4.69) is 24.1 Å². The molecule has 136 valence electrons. The lowest BCUT2D eigenvalue weighted by atomic mass is 10.0. The molecule has 1 aromatic carbocycles. The van der Waals surface area contributed by atoms with Gasteiger partial charge < -0.3 is 10.2 Å². The van der Waals surface area contributed by atoms with Crippen molar-refractivity contribution in [1.82, 2.24) is 15.1 Å². The second-order valence-corrected chi connectivity index (χ2v) is 7.37. The number of hydrogen-bond donors (Lipinski definition) is 1. The maximum absolute atomic E-state index is 12.3. The van der Waals surface area contributed by atoms with Crippen LogP contribution in [0.4, 0.5) is 0 Å². The van der Waals surface area contributed by atoms with Gasteiger partial charge in [-0.3, -0.25) is 14.5 Å². The number of fused-ring (bicyclic) bond motifs is 1. The smallest absolute Gasteiger partial charge is 0.261 e. The van der Waals surface area contributed by atoms with Crippen molar-refractivity contribution in [2.45, 2.75) is 51.6 Å². The van der Waals surface area contributed by atoms with E-state index < -0.39 is 0 Å². The van der Waals surface area contributed by atoms with E-state index in [1.807, 2.05) is 12.1 Å². The molecule has 1 fully saturated rings. The molecule has 0 saturated carbocycles. The highest BCUT2D eigenvalue weighted by molar-refractivity contribution is 6.21. The third-order valence-corrected chi connectivity index (χ3v) is 5.38. The Labute approximate surface area is 150 Å². The molecule has 3 rings (SSSR count). The first-order valence-electron chi connectivity index (χ1n) is 9.50. The minimum absolute atomic E-state index is 0.144. The minimum atomic E-state index is -0.144. The Bertz CT molecular complexity index is 586. The molecule has 1 N–H and O–H groups in total. The predicted molar refractivity (Wildman–Crippen MR) is 98.8 cm³/mol. The zero-order valence-corrected chi connectivity index (χ0v) is 15.3. The number of hydrogen-bond acceptors (Lipinski definition) is 4. The lowest BCUT2D eigenvalue weighted by Gasteiger charge is -2.35. The van der Waals surface area contributed by atoms with E-state index in [-0.39, 0.29) is 11.8 Å². The molecule has 5 heteroatoms. The molecule has 2 heterocycles. The molecule has 2 aliphatic heterocycles. The van der Waals surface area contributed by atoms with Gasteiger partial charge in [-0.2, -0.15) is 0 Å². The Balaban J connectivity index is 1.35. The summed E-state index contributed by atoms with van der Waals surface area (Å²) in [6.07, 6.45) is 4.24. The highest BCUT2D eigenvalue weighted by Gasteiger charge is 2.34. The summed E-state index contributed by atoms with van der Waals surface area (Å²) >= 11 is 0. The van der Waals surface area contributed by atoms with E-state index in [1.54, 1.807) is 12.1 Å². The van der Waals surface area contributed by atoms with Gasteiger partial charge in [0.25, 0.3) is 11.8 Å². The van der Waals surface area contributed by atoms with Gasteiger partial charge in [0.15, 0.2) is 0 Å². The number of nitrogens with one attached hydrogen (secondary N) is 1. The molecule has 1 saturated heterocycles. The summed E-state index contributed by atoms with van der Waals surface area (Å²) < 4.78 is 0. The predicted octanol–water partition coefficient (Wildman–Crippen LogP) is 2.53. The van der Waals surface area contributed by atoms with E-state index in [0.717, 1.165) is 19.4 Å². The van der Waals surface area contributed by atoms with Gasteiger partial charge in [-0.25, -0.2) is 0 Å². The molecule has 0 bridgehead atoms. The van der Waals surface area contributed by atoms with Gasteiger partial charge in [0.2, 0.25) is 0 Å². The normalized spacial score (nSPS) is 19.1. The highest BCUT2D eigenvalue weighted by atomic mass is 16.2. The minimum Gasteiger partial charge on any atom is -0.314 e. The van der Waals surface area contributed by atoms with Crippen LogP contribution in [0.25, 0.3) is 0 Å². The Morgan fingerprint density at radius 3 is 2.20 bits per heavy atom. The first-order chi connectivity index (χ1) is 12.1. The van der Waals surface area contributed by atoms with Crippen molar-refractivity contribution in [3.05, 3.63) is 35.4 Å². The zero-order valence-electron chi connectivity index (χ0n) is 15.3. The first kappa shape index (κ1) is 18.1. The zero-order chi connectivity index (χ0) is 17.8. The molecule has 0 radical (unpaired) electrons. The fraction of sp³-hybridized carbons (Fsp3) is 0.600. The van der Waals surface area contributed by atoms with E-state index >= 15 is 0 Å². The number of likely N-dealkylation sites (tertiary alicyclic amines) is 1. The Morgan fingerprint density at radius 2 is 1.64 bits per heavy atom. The van der Waals surface area contributed by atoms with Crippen LogP contribution in [0, 0.1) is 0 Å².